The Morgan fingerprint density at radius 3 is 2.70 bits per heavy atom. The summed E-state index contributed by atoms with van der Waals surface area (Å²) in [4.78, 5) is 0.384. The third kappa shape index (κ3) is 3.07. The minimum atomic E-state index is -3.37. The predicted octanol–water partition coefficient (Wildman–Crippen LogP) is 1.78. The molecule has 0 saturated carbocycles. The lowest BCUT2D eigenvalue weighted by Gasteiger charge is -2.19. The summed E-state index contributed by atoms with van der Waals surface area (Å²) in [5, 5.41) is 0. The first-order valence-electron chi connectivity index (χ1n) is 7.38. The molecule has 1 aromatic heterocycles. The summed E-state index contributed by atoms with van der Waals surface area (Å²) < 4.78 is 29.0. The highest BCUT2D eigenvalue weighted by Gasteiger charge is 2.28. The Kier molecular flexibility index (Phi) is 4.88. The van der Waals surface area contributed by atoms with Crippen molar-refractivity contribution in [2.45, 2.75) is 51.1 Å². The van der Waals surface area contributed by atoms with Crippen LogP contribution >= 0.6 is 0 Å². The van der Waals surface area contributed by atoms with E-state index in [9.17, 15) is 8.42 Å². The molecule has 6 heteroatoms. The first-order valence-corrected chi connectivity index (χ1v) is 8.82. The van der Waals surface area contributed by atoms with Crippen LogP contribution in [0.5, 0.6) is 0 Å². The molecule has 1 aliphatic heterocycles. The van der Waals surface area contributed by atoms with Crippen molar-refractivity contribution in [2.24, 2.45) is 11.7 Å². The number of aromatic nitrogens is 1. The van der Waals surface area contributed by atoms with Crippen LogP contribution in [0, 0.1) is 5.92 Å². The predicted molar refractivity (Wildman–Crippen MR) is 79.8 cm³/mol. The van der Waals surface area contributed by atoms with Crippen molar-refractivity contribution >= 4 is 10.0 Å². The zero-order valence-corrected chi connectivity index (χ0v) is 13.2. The summed E-state index contributed by atoms with van der Waals surface area (Å²) in [5.41, 5.74) is 6.54. The molecule has 0 amide bonds. The molecule has 1 aliphatic rings. The van der Waals surface area contributed by atoms with Gasteiger partial charge in [0.15, 0.2) is 0 Å². The quantitative estimate of drug-likeness (QED) is 0.921. The second-order valence-electron chi connectivity index (χ2n) is 5.60. The van der Waals surface area contributed by atoms with Crippen LogP contribution in [0.4, 0.5) is 0 Å². The first-order chi connectivity index (χ1) is 9.48. The van der Waals surface area contributed by atoms with E-state index < -0.39 is 10.0 Å². The van der Waals surface area contributed by atoms with E-state index in [1.54, 1.807) is 16.6 Å². The average molecular weight is 299 g/mol. The average Bonchev–Trinajstić information content (AvgIpc) is 2.74. The van der Waals surface area contributed by atoms with Crippen LogP contribution in [-0.2, 0) is 23.1 Å². The van der Waals surface area contributed by atoms with Crippen LogP contribution < -0.4 is 5.73 Å². The van der Waals surface area contributed by atoms with E-state index in [1.807, 2.05) is 11.5 Å². The largest absolute Gasteiger partial charge is 0.349 e. The first kappa shape index (κ1) is 15.5. The van der Waals surface area contributed by atoms with Gasteiger partial charge in [-0.2, -0.15) is 4.31 Å². The van der Waals surface area contributed by atoms with Gasteiger partial charge < -0.3 is 10.3 Å². The van der Waals surface area contributed by atoms with E-state index in [4.69, 9.17) is 5.73 Å². The maximum atomic E-state index is 12.7. The third-order valence-electron chi connectivity index (χ3n) is 4.12. The maximum absolute atomic E-state index is 12.7. The molecule has 5 nitrogen and oxygen atoms in total. The highest BCUT2D eigenvalue weighted by molar-refractivity contribution is 7.89. The number of hydrogen-bond acceptors (Lipinski definition) is 3. The summed E-state index contributed by atoms with van der Waals surface area (Å²) in [6.07, 6.45) is 4.71. The lowest BCUT2D eigenvalue weighted by molar-refractivity contribution is 0.416. The molecule has 2 rings (SSSR count). The van der Waals surface area contributed by atoms with Crippen molar-refractivity contribution in [1.29, 1.82) is 0 Å². The minimum Gasteiger partial charge on any atom is -0.349 e. The number of sulfonamides is 1. The Morgan fingerprint density at radius 2 is 2.10 bits per heavy atom. The Balaban J connectivity index is 2.27. The zero-order valence-electron chi connectivity index (χ0n) is 12.4. The SMILES string of the molecule is CCn1cc(S(=O)(=O)N2CCCC(C)CC2)cc1CN. The van der Waals surface area contributed by atoms with Gasteiger partial charge >= 0.3 is 0 Å². The number of hydrogen-bond donors (Lipinski definition) is 1. The van der Waals surface area contributed by atoms with E-state index in [2.05, 4.69) is 6.92 Å². The van der Waals surface area contributed by atoms with Crippen molar-refractivity contribution in [3.8, 4) is 0 Å². The third-order valence-corrected chi connectivity index (χ3v) is 5.99. The second-order valence-corrected chi connectivity index (χ2v) is 7.54. The number of nitrogens with zero attached hydrogens (tertiary/aromatic N) is 2. The van der Waals surface area contributed by atoms with Crippen molar-refractivity contribution in [3.63, 3.8) is 0 Å². The van der Waals surface area contributed by atoms with Crippen LogP contribution in [0.1, 0.15) is 38.8 Å². The summed E-state index contributed by atoms with van der Waals surface area (Å²) in [6.45, 7) is 6.53. The fraction of sp³-hybridized carbons (Fsp3) is 0.714. The van der Waals surface area contributed by atoms with Gasteiger partial charge in [0.05, 0.1) is 0 Å². The molecule has 2 N–H and O–H groups in total. The molecular formula is C14H25N3O2S. The van der Waals surface area contributed by atoms with Gasteiger partial charge in [-0.1, -0.05) is 6.92 Å². The molecule has 0 aliphatic carbocycles. The Labute approximate surface area is 121 Å². The fourth-order valence-corrected chi connectivity index (χ4v) is 4.32. The van der Waals surface area contributed by atoms with Gasteiger partial charge in [-0.05, 0) is 38.2 Å². The monoisotopic (exact) mass is 299 g/mol. The Morgan fingerprint density at radius 1 is 1.35 bits per heavy atom. The minimum absolute atomic E-state index is 0.362. The van der Waals surface area contributed by atoms with Gasteiger partial charge in [0.1, 0.15) is 4.90 Å². The summed E-state index contributed by atoms with van der Waals surface area (Å²) in [6, 6.07) is 1.72. The number of nitrogens with two attached hydrogens (primary N) is 1. The van der Waals surface area contributed by atoms with Crippen LogP contribution in [0.25, 0.3) is 0 Å². The molecule has 0 radical (unpaired) electrons. The van der Waals surface area contributed by atoms with Crippen molar-refractivity contribution in [3.05, 3.63) is 18.0 Å². The molecular weight excluding hydrogens is 274 g/mol. The van der Waals surface area contributed by atoms with Gasteiger partial charge in [0.25, 0.3) is 0 Å². The topological polar surface area (TPSA) is 68.3 Å². The van der Waals surface area contributed by atoms with Crippen LogP contribution in [0.2, 0.25) is 0 Å². The molecule has 114 valence electrons. The van der Waals surface area contributed by atoms with Gasteiger partial charge in [0, 0.05) is 38.1 Å². The molecule has 1 unspecified atom stereocenters. The van der Waals surface area contributed by atoms with Gasteiger partial charge in [0.2, 0.25) is 10.0 Å². The molecule has 1 saturated heterocycles. The van der Waals surface area contributed by atoms with E-state index in [1.165, 1.54) is 0 Å². The summed E-state index contributed by atoms with van der Waals surface area (Å²) in [5.74, 6) is 0.607. The summed E-state index contributed by atoms with van der Waals surface area (Å²) >= 11 is 0. The van der Waals surface area contributed by atoms with Crippen molar-refractivity contribution in [1.82, 2.24) is 8.87 Å². The smallest absolute Gasteiger partial charge is 0.244 e. The van der Waals surface area contributed by atoms with Gasteiger partial charge in [-0.25, -0.2) is 8.42 Å². The molecule has 1 atom stereocenters. The standard InChI is InChI=1S/C14H25N3O2S/c1-3-16-11-14(9-13(16)10-15)20(18,19)17-7-4-5-12(2)6-8-17/h9,11-12H,3-8,10,15H2,1-2H3. The zero-order chi connectivity index (χ0) is 14.8. The van der Waals surface area contributed by atoms with Crippen LogP contribution in [-0.4, -0.2) is 30.4 Å². The number of aryl methyl sites for hydroxylation is 1. The maximum Gasteiger partial charge on any atom is 0.244 e. The normalized spacial score (nSPS) is 21.9. The molecule has 0 bridgehead atoms. The Bertz CT molecular complexity index is 529. The highest BCUT2D eigenvalue weighted by atomic mass is 32.2. The fourth-order valence-electron chi connectivity index (χ4n) is 2.76. The van der Waals surface area contributed by atoms with E-state index in [-0.39, 0.29) is 0 Å². The number of rotatable bonds is 4. The molecule has 0 aromatic carbocycles. The van der Waals surface area contributed by atoms with Crippen molar-refractivity contribution in [2.75, 3.05) is 13.1 Å². The second kappa shape index (κ2) is 6.28. The Hall–Kier alpha value is -0.850. The van der Waals surface area contributed by atoms with E-state index in [0.717, 1.165) is 31.5 Å². The van der Waals surface area contributed by atoms with Crippen LogP contribution in [0.3, 0.4) is 0 Å². The van der Waals surface area contributed by atoms with E-state index >= 15 is 0 Å². The molecule has 20 heavy (non-hydrogen) atoms. The molecule has 0 spiro atoms. The van der Waals surface area contributed by atoms with Crippen LogP contribution in [0.15, 0.2) is 17.2 Å². The summed E-state index contributed by atoms with van der Waals surface area (Å²) in [7, 11) is -3.37. The lowest BCUT2D eigenvalue weighted by Crippen LogP contribution is -2.31. The van der Waals surface area contributed by atoms with Crippen molar-refractivity contribution < 1.29 is 8.42 Å². The van der Waals surface area contributed by atoms with Gasteiger partial charge in [-0.3, -0.25) is 0 Å². The highest BCUT2D eigenvalue weighted by Crippen LogP contribution is 2.24. The molecule has 1 fully saturated rings. The van der Waals surface area contributed by atoms with Gasteiger partial charge in [-0.15, -0.1) is 0 Å². The molecule has 2 heterocycles. The lowest BCUT2D eigenvalue weighted by atomic mass is 10.0. The molecule has 1 aromatic rings. The van der Waals surface area contributed by atoms with E-state index in [0.29, 0.717) is 30.4 Å².